The number of rotatable bonds is 11. The second kappa shape index (κ2) is 15.8. The number of carbonyl (C=O) groups is 2. The number of hydrogen-bond acceptors (Lipinski definition) is 8. The van der Waals surface area contributed by atoms with Crippen LogP contribution in [-0.4, -0.2) is 56.9 Å². The first kappa shape index (κ1) is 35.0. The van der Waals surface area contributed by atoms with Gasteiger partial charge in [0.25, 0.3) is 0 Å². The summed E-state index contributed by atoms with van der Waals surface area (Å²) in [5.74, 6) is 0.789. The van der Waals surface area contributed by atoms with Gasteiger partial charge in [-0.25, -0.2) is 14.6 Å². The molecule has 10 nitrogen and oxygen atoms in total. The van der Waals surface area contributed by atoms with Crippen LogP contribution in [0.1, 0.15) is 51.6 Å². The zero-order chi connectivity index (χ0) is 35.2. The van der Waals surface area contributed by atoms with Crippen LogP contribution in [0.4, 0.5) is 10.5 Å². The molecule has 0 unspecified atom stereocenters. The number of aromatic nitrogens is 1. The Balaban J connectivity index is 1.22. The normalized spacial score (nSPS) is 18.4. The topological polar surface area (TPSA) is 115 Å². The van der Waals surface area contributed by atoms with E-state index in [4.69, 9.17) is 42.1 Å². The Kier molecular flexibility index (Phi) is 11.1. The lowest BCUT2D eigenvalue weighted by Gasteiger charge is -2.44. The molecule has 0 aliphatic carbocycles. The van der Waals surface area contributed by atoms with Crippen molar-refractivity contribution in [2.75, 3.05) is 38.8 Å². The van der Waals surface area contributed by atoms with Gasteiger partial charge in [0.05, 0.1) is 38.0 Å². The quantitative estimate of drug-likeness (QED) is 0.151. The highest BCUT2D eigenvalue weighted by Gasteiger charge is 2.37. The minimum Gasteiger partial charge on any atom is -0.493 e. The molecule has 12 heteroatoms. The molecule has 258 valence electrons. The maximum absolute atomic E-state index is 13.7. The SMILES string of the molecule is COc1ccc([C@H](Cc2c(Cl)c[nH+]cc2Cl)OC(=O)c2ccc(CN(C(=O)O[C@H]3CN4CCC3CC4)c3cccc(C#N)c3)cc2)cc1OC. The average Bonchev–Trinajstić information content (AvgIpc) is 3.15. The smallest absolute Gasteiger partial charge is 0.414 e. The van der Waals surface area contributed by atoms with Crippen LogP contribution in [0.15, 0.2) is 79.1 Å². The first-order valence-electron chi connectivity index (χ1n) is 16.3. The molecule has 3 saturated heterocycles. The summed E-state index contributed by atoms with van der Waals surface area (Å²) in [6, 6.07) is 21.2. The van der Waals surface area contributed by atoms with E-state index < -0.39 is 18.2 Å². The van der Waals surface area contributed by atoms with E-state index in [0.29, 0.717) is 55.4 Å². The maximum Gasteiger partial charge on any atom is 0.414 e. The van der Waals surface area contributed by atoms with E-state index in [1.807, 2.05) is 0 Å². The molecule has 4 aromatic rings. The molecule has 0 spiro atoms. The molecule has 0 saturated carbocycles. The van der Waals surface area contributed by atoms with Crippen LogP contribution in [0.3, 0.4) is 0 Å². The fraction of sp³-hybridized carbons (Fsp3) is 0.316. The van der Waals surface area contributed by atoms with Crippen molar-refractivity contribution in [1.82, 2.24) is 4.90 Å². The van der Waals surface area contributed by atoms with Crippen LogP contribution in [0.25, 0.3) is 0 Å². The zero-order valence-electron chi connectivity index (χ0n) is 27.7. The van der Waals surface area contributed by atoms with Crippen LogP contribution < -0.4 is 19.4 Å². The highest BCUT2D eigenvalue weighted by atomic mass is 35.5. The number of anilines is 1. The molecular formula is C38H37Cl2N4O6+. The number of nitriles is 1. The van der Waals surface area contributed by atoms with E-state index in [-0.39, 0.29) is 19.1 Å². The standard InChI is InChI=1S/C38H36Cl2N4O6/c1-47-33-11-10-28(17-35(33)48-2)34(18-30-31(39)20-42-21-32(30)40)49-37(45)27-8-6-24(7-9-27)22-44(29-5-3-4-25(16-29)19-41)38(46)50-36-23-43-14-12-26(36)13-15-43/h3-11,16-17,20-21,26,34,36H,12-15,18,22-23H2,1-2H3/p+1/t34-,36-/m0/s1. The number of carbonyl (C=O) groups excluding carboxylic acids is 2. The Morgan fingerprint density at radius 1 is 0.980 bits per heavy atom. The number of halogens is 2. The number of ether oxygens (including phenoxy) is 4. The molecule has 4 heterocycles. The van der Waals surface area contributed by atoms with Crippen molar-refractivity contribution in [1.29, 1.82) is 5.26 Å². The lowest BCUT2D eigenvalue weighted by molar-refractivity contribution is -0.377. The van der Waals surface area contributed by atoms with Gasteiger partial charge in [0, 0.05) is 24.2 Å². The third kappa shape index (κ3) is 7.97. The largest absolute Gasteiger partial charge is 0.493 e. The van der Waals surface area contributed by atoms with E-state index in [9.17, 15) is 14.9 Å². The van der Waals surface area contributed by atoms with Crippen LogP contribution in [0, 0.1) is 17.2 Å². The fourth-order valence-corrected chi connectivity index (χ4v) is 7.04. The zero-order valence-corrected chi connectivity index (χ0v) is 29.2. The Morgan fingerprint density at radius 2 is 1.70 bits per heavy atom. The number of H-pyrrole nitrogens is 1. The average molecular weight is 717 g/mol. The summed E-state index contributed by atoms with van der Waals surface area (Å²) in [4.78, 5) is 34.1. The predicted octanol–water partition coefficient (Wildman–Crippen LogP) is 7.07. The van der Waals surface area contributed by atoms with E-state index in [0.717, 1.165) is 38.0 Å². The van der Waals surface area contributed by atoms with Crippen molar-refractivity contribution in [3.05, 3.63) is 117 Å². The molecule has 3 aromatic carbocycles. The molecular weight excluding hydrogens is 679 g/mol. The summed E-state index contributed by atoms with van der Waals surface area (Å²) >= 11 is 13.0. The number of aromatic amines is 1. The Hall–Kier alpha value is -4.82. The van der Waals surface area contributed by atoms with Crippen molar-refractivity contribution in [2.45, 2.75) is 38.0 Å². The van der Waals surface area contributed by atoms with E-state index in [1.165, 1.54) is 12.0 Å². The van der Waals surface area contributed by atoms with Crippen LogP contribution in [-0.2, 0) is 22.4 Å². The summed E-state index contributed by atoms with van der Waals surface area (Å²) < 4.78 is 23.1. The van der Waals surface area contributed by atoms with Crippen LogP contribution >= 0.6 is 23.2 Å². The number of fused-ring (bicyclic) bond motifs is 3. The molecule has 1 aromatic heterocycles. The summed E-state index contributed by atoms with van der Waals surface area (Å²) in [5.41, 5.74) is 3.31. The molecule has 1 amide bonds. The molecule has 50 heavy (non-hydrogen) atoms. The first-order chi connectivity index (χ1) is 24.3. The second-order valence-corrected chi connectivity index (χ2v) is 13.2. The highest BCUT2D eigenvalue weighted by Crippen LogP contribution is 2.36. The lowest BCUT2D eigenvalue weighted by atomic mass is 9.86. The third-order valence-electron chi connectivity index (χ3n) is 9.30. The van der Waals surface area contributed by atoms with Crippen LogP contribution in [0.2, 0.25) is 10.0 Å². The molecule has 1 N–H and O–H groups in total. The third-order valence-corrected chi connectivity index (χ3v) is 9.98. The maximum atomic E-state index is 13.7. The van der Waals surface area contributed by atoms with E-state index in [2.05, 4.69) is 16.0 Å². The second-order valence-electron chi connectivity index (χ2n) is 12.3. The Bertz CT molecular complexity index is 1870. The Labute approximate surface area is 301 Å². The van der Waals surface area contributed by atoms with E-state index in [1.54, 1.807) is 86.2 Å². The summed E-state index contributed by atoms with van der Waals surface area (Å²) in [7, 11) is 3.08. The van der Waals surface area contributed by atoms with Gasteiger partial charge in [-0.1, -0.05) is 47.5 Å². The van der Waals surface area contributed by atoms with Gasteiger partial charge in [0.1, 0.15) is 22.3 Å². The fourth-order valence-electron chi connectivity index (χ4n) is 6.51. The molecule has 2 atom stereocenters. The van der Waals surface area contributed by atoms with Crippen molar-refractivity contribution in [3.8, 4) is 17.6 Å². The first-order valence-corrected chi connectivity index (χ1v) is 17.1. The van der Waals surface area contributed by atoms with Gasteiger partial charge in [-0.05, 0) is 85.4 Å². The molecule has 3 aliphatic heterocycles. The van der Waals surface area contributed by atoms with Gasteiger partial charge in [0.2, 0.25) is 0 Å². The summed E-state index contributed by atoms with van der Waals surface area (Å²) in [6.07, 6.45) is 4.01. The van der Waals surface area contributed by atoms with Gasteiger partial charge >= 0.3 is 12.1 Å². The summed E-state index contributed by atoms with van der Waals surface area (Å²) in [6.45, 7) is 2.96. The number of nitrogens with zero attached hydrogens (tertiary/aromatic N) is 3. The van der Waals surface area contributed by atoms with Crippen molar-refractivity contribution >= 4 is 41.0 Å². The number of amides is 1. The van der Waals surface area contributed by atoms with E-state index >= 15 is 0 Å². The molecule has 2 bridgehead atoms. The lowest BCUT2D eigenvalue weighted by Crippen LogP contribution is -2.53. The number of nitrogens with one attached hydrogen (secondary N) is 1. The molecule has 3 aliphatic rings. The number of benzene rings is 3. The molecule has 0 radical (unpaired) electrons. The van der Waals surface area contributed by atoms with Crippen molar-refractivity contribution < 1.29 is 33.5 Å². The molecule has 3 fully saturated rings. The van der Waals surface area contributed by atoms with Gasteiger partial charge in [-0.3, -0.25) is 9.80 Å². The highest BCUT2D eigenvalue weighted by molar-refractivity contribution is 6.35. The monoisotopic (exact) mass is 715 g/mol. The van der Waals surface area contributed by atoms with Gasteiger partial charge in [-0.2, -0.15) is 5.26 Å². The van der Waals surface area contributed by atoms with Crippen LogP contribution in [0.5, 0.6) is 11.5 Å². The minimum atomic E-state index is -0.775. The summed E-state index contributed by atoms with van der Waals surface area (Å²) in [5, 5.41) is 10.3. The van der Waals surface area contributed by atoms with Gasteiger partial charge < -0.3 is 18.9 Å². The van der Waals surface area contributed by atoms with Gasteiger partial charge in [0.15, 0.2) is 23.9 Å². The minimum absolute atomic E-state index is 0.167. The number of hydrogen-bond donors (Lipinski definition) is 0. The number of methoxy groups -OCH3 is 2. The predicted molar refractivity (Wildman–Crippen MR) is 188 cm³/mol. The number of esters is 1. The van der Waals surface area contributed by atoms with Crippen molar-refractivity contribution in [2.24, 2.45) is 5.92 Å². The molecule has 7 rings (SSSR count). The van der Waals surface area contributed by atoms with Crippen molar-refractivity contribution in [3.63, 3.8) is 0 Å². The Morgan fingerprint density at radius 3 is 2.34 bits per heavy atom. The number of pyridine rings is 1. The number of piperidine rings is 3. The van der Waals surface area contributed by atoms with Gasteiger partial charge in [-0.15, -0.1) is 0 Å².